The van der Waals surface area contributed by atoms with Gasteiger partial charge in [0.2, 0.25) is 0 Å². The highest BCUT2D eigenvalue weighted by Gasteiger charge is 2.32. The molecule has 2 nitrogen and oxygen atoms in total. The van der Waals surface area contributed by atoms with Crippen molar-refractivity contribution in [1.29, 1.82) is 0 Å². The lowest BCUT2D eigenvalue weighted by molar-refractivity contribution is 0.0444. The predicted molar refractivity (Wildman–Crippen MR) is 79.0 cm³/mol. The van der Waals surface area contributed by atoms with Crippen LogP contribution in [0.5, 0.6) is 0 Å². The largest absolute Gasteiger partial charge is 0.300 e. The van der Waals surface area contributed by atoms with Gasteiger partial charge in [-0.25, -0.2) is 0 Å². The Hall–Kier alpha value is -0.0800. The average Bonchev–Trinajstić information content (AvgIpc) is 2.38. The quantitative estimate of drug-likeness (QED) is 0.742. The van der Waals surface area contributed by atoms with Crippen LogP contribution in [0.4, 0.5) is 0 Å². The van der Waals surface area contributed by atoms with Crippen LogP contribution >= 0.6 is 0 Å². The maximum absolute atomic E-state index is 2.78. The average molecular weight is 252 g/mol. The molecule has 0 N–H and O–H groups in total. The molecule has 0 aromatic heterocycles. The SMILES string of the molecule is CN([C@@H]1CCC[C@H](N2CCCCC2)C1)C(C)(C)C. The zero-order valence-corrected chi connectivity index (χ0v) is 12.9. The van der Waals surface area contributed by atoms with E-state index in [0.29, 0.717) is 5.54 Å². The molecule has 0 radical (unpaired) electrons. The smallest absolute Gasteiger partial charge is 0.0124 e. The summed E-state index contributed by atoms with van der Waals surface area (Å²) in [6, 6.07) is 1.67. The van der Waals surface area contributed by atoms with E-state index in [0.717, 1.165) is 12.1 Å². The Balaban J connectivity index is 1.91. The number of nitrogens with zero attached hydrogens (tertiary/aromatic N) is 2. The van der Waals surface area contributed by atoms with Gasteiger partial charge in [-0.2, -0.15) is 0 Å². The van der Waals surface area contributed by atoms with E-state index in [-0.39, 0.29) is 0 Å². The Bertz CT molecular complexity index is 250. The molecule has 18 heavy (non-hydrogen) atoms. The third-order valence-corrected chi connectivity index (χ3v) is 5.13. The van der Waals surface area contributed by atoms with Crippen molar-refractivity contribution in [3.63, 3.8) is 0 Å². The van der Waals surface area contributed by atoms with E-state index >= 15 is 0 Å². The molecule has 2 heteroatoms. The van der Waals surface area contributed by atoms with Crippen LogP contribution in [0, 0.1) is 0 Å². The van der Waals surface area contributed by atoms with Gasteiger partial charge in [-0.3, -0.25) is 4.90 Å². The van der Waals surface area contributed by atoms with Gasteiger partial charge < -0.3 is 4.90 Å². The summed E-state index contributed by atoms with van der Waals surface area (Å²) in [6.45, 7) is 9.75. The third-order valence-electron chi connectivity index (χ3n) is 5.13. The first-order valence-electron chi connectivity index (χ1n) is 7.95. The summed E-state index contributed by atoms with van der Waals surface area (Å²) in [6.07, 6.45) is 9.97. The van der Waals surface area contributed by atoms with Crippen LogP contribution < -0.4 is 0 Å². The van der Waals surface area contributed by atoms with Gasteiger partial charge in [0.1, 0.15) is 0 Å². The van der Waals surface area contributed by atoms with Crippen molar-refractivity contribution in [2.24, 2.45) is 0 Å². The number of piperidine rings is 1. The van der Waals surface area contributed by atoms with E-state index in [2.05, 4.69) is 37.6 Å². The van der Waals surface area contributed by atoms with Crippen LogP contribution in [-0.4, -0.2) is 47.6 Å². The first-order valence-corrected chi connectivity index (χ1v) is 7.95. The fraction of sp³-hybridized carbons (Fsp3) is 1.00. The minimum absolute atomic E-state index is 0.314. The molecular weight excluding hydrogens is 220 g/mol. The van der Waals surface area contributed by atoms with Gasteiger partial charge in [0.25, 0.3) is 0 Å². The summed E-state index contributed by atoms with van der Waals surface area (Å²) in [5.41, 5.74) is 0.314. The van der Waals surface area contributed by atoms with Crippen LogP contribution in [-0.2, 0) is 0 Å². The molecule has 2 fully saturated rings. The van der Waals surface area contributed by atoms with E-state index in [9.17, 15) is 0 Å². The molecule has 106 valence electrons. The van der Waals surface area contributed by atoms with Crippen molar-refractivity contribution in [3.8, 4) is 0 Å². The van der Waals surface area contributed by atoms with Crippen molar-refractivity contribution < 1.29 is 0 Å². The van der Waals surface area contributed by atoms with Gasteiger partial charge in [-0.15, -0.1) is 0 Å². The monoisotopic (exact) mass is 252 g/mol. The van der Waals surface area contributed by atoms with Crippen molar-refractivity contribution in [2.75, 3.05) is 20.1 Å². The lowest BCUT2D eigenvalue weighted by Gasteiger charge is -2.45. The maximum Gasteiger partial charge on any atom is 0.0124 e. The highest BCUT2D eigenvalue weighted by Crippen LogP contribution is 2.30. The lowest BCUT2D eigenvalue weighted by Crippen LogP contribution is -2.51. The molecule has 0 amide bonds. The molecule has 0 spiro atoms. The minimum atomic E-state index is 0.314. The van der Waals surface area contributed by atoms with E-state index in [4.69, 9.17) is 0 Å². The summed E-state index contributed by atoms with van der Waals surface area (Å²) in [4.78, 5) is 5.40. The molecule has 2 atom stereocenters. The number of hydrogen-bond donors (Lipinski definition) is 0. The van der Waals surface area contributed by atoms with Crippen LogP contribution in [0.2, 0.25) is 0 Å². The summed E-state index contributed by atoms with van der Waals surface area (Å²) >= 11 is 0. The maximum atomic E-state index is 2.78. The lowest BCUT2D eigenvalue weighted by atomic mass is 9.86. The zero-order valence-electron chi connectivity index (χ0n) is 12.9. The highest BCUT2D eigenvalue weighted by atomic mass is 15.2. The summed E-state index contributed by atoms with van der Waals surface area (Å²) < 4.78 is 0. The Morgan fingerprint density at radius 2 is 1.61 bits per heavy atom. The molecule has 1 saturated carbocycles. The van der Waals surface area contributed by atoms with Crippen molar-refractivity contribution in [2.45, 2.75) is 83.3 Å². The molecule has 0 bridgehead atoms. The van der Waals surface area contributed by atoms with E-state index < -0.39 is 0 Å². The Labute approximate surface area is 114 Å². The number of likely N-dealkylation sites (tertiary alicyclic amines) is 1. The predicted octanol–water partition coefficient (Wildman–Crippen LogP) is 3.51. The highest BCUT2D eigenvalue weighted by molar-refractivity contribution is 4.89. The van der Waals surface area contributed by atoms with Crippen LogP contribution in [0.15, 0.2) is 0 Å². The molecule has 1 aliphatic heterocycles. The second-order valence-corrected chi connectivity index (χ2v) is 7.35. The molecule has 0 aromatic rings. The van der Waals surface area contributed by atoms with Gasteiger partial charge in [-0.05, 0) is 73.0 Å². The Kier molecular flexibility index (Phi) is 4.71. The molecule has 1 saturated heterocycles. The van der Waals surface area contributed by atoms with E-state index in [1.165, 1.54) is 58.0 Å². The second kappa shape index (κ2) is 5.92. The first kappa shape index (κ1) is 14.3. The fourth-order valence-electron chi connectivity index (χ4n) is 3.65. The van der Waals surface area contributed by atoms with Gasteiger partial charge in [0.05, 0.1) is 0 Å². The summed E-state index contributed by atoms with van der Waals surface area (Å²) in [5.74, 6) is 0. The third kappa shape index (κ3) is 3.48. The number of hydrogen-bond acceptors (Lipinski definition) is 2. The molecule has 1 heterocycles. The molecule has 0 unspecified atom stereocenters. The first-order chi connectivity index (χ1) is 8.48. The standard InChI is InChI=1S/C16H32N2/c1-16(2,3)17(4)14-9-8-10-15(13-14)18-11-6-5-7-12-18/h14-15H,5-13H2,1-4H3/t14-,15+/m1/s1. The molecule has 2 aliphatic rings. The zero-order chi connectivity index (χ0) is 13.2. The number of rotatable bonds is 2. The summed E-state index contributed by atoms with van der Waals surface area (Å²) in [7, 11) is 2.32. The van der Waals surface area contributed by atoms with E-state index in [1.807, 2.05) is 0 Å². The van der Waals surface area contributed by atoms with Crippen molar-refractivity contribution >= 4 is 0 Å². The topological polar surface area (TPSA) is 6.48 Å². The summed E-state index contributed by atoms with van der Waals surface area (Å²) in [5, 5.41) is 0. The van der Waals surface area contributed by atoms with Crippen LogP contribution in [0.25, 0.3) is 0 Å². The van der Waals surface area contributed by atoms with Crippen molar-refractivity contribution in [3.05, 3.63) is 0 Å². The molecule has 0 aromatic carbocycles. The molecular formula is C16H32N2. The normalized spacial score (nSPS) is 31.8. The second-order valence-electron chi connectivity index (χ2n) is 7.35. The van der Waals surface area contributed by atoms with Crippen LogP contribution in [0.1, 0.15) is 65.7 Å². The fourth-order valence-corrected chi connectivity index (χ4v) is 3.65. The van der Waals surface area contributed by atoms with Gasteiger partial charge >= 0.3 is 0 Å². The molecule has 1 aliphatic carbocycles. The van der Waals surface area contributed by atoms with Crippen LogP contribution in [0.3, 0.4) is 0 Å². The van der Waals surface area contributed by atoms with Gasteiger partial charge in [0, 0.05) is 17.6 Å². The van der Waals surface area contributed by atoms with Gasteiger partial charge in [-0.1, -0.05) is 12.8 Å². The van der Waals surface area contributed by atoms with Crippen molar-refractivity contribution in [1.82, 2.24) is 9.80 Å². The Morgan fingerprint density at radius 3 is 2.22 bits per heavy atom. The van der Waals surface area contributed by atoms with E-state index in [1.54, 1.807) is 0 Å². The Morgan fingerprint density at radius 1 is 0.944 bits per heavy atom. The minimum Gasteiger partial charge on any atom is -0.300 e. The molecule has 2 rings (SSSR count). The van der Waals surface area contributed by atoms with Gasteiger partial charge in [0.15, 0.2) is 0 Å².